The molecule has 2 aromatic heterocycles. The fraction of sp³-hybridized carbons (Fsp3) is 0.448. The molecule has 0 spiro atoms. The molecule has 1 atom stereocenters. The van der Waals surface area contributed by atoms with Crippen molar-refractivity contribution in [2.75, 3.05) is 11.1 Å². The molecule has 1 aliphatic carbocycles. The summed E-state index contributed by atoms with van der Waals surface area (Å²) in [6, 6.07) is 6.05. The molecule has 0 saturated heterocycles. The number of fused-ring (bicyclic) bond motifs is 1. The molecule has 8 nitrogen and oxygen atoms in total. The van der Waals surface area contributed by atoms with E-state index >= 15 is 0 Å². The van der Waals surface area contributed by atoms with Gasteiger partial charge in [0.1, 0.15) is 10.8 Å². The van der Waals surface area contributed by atoms with Gasteiger partial charge < -0.3 is 14.8 Å². The summed E-state index contributed by atoms with van der Waals surface area (Å²) in [5, 5.41) is 12.9. The maximum atomic E-state index is 13.0. The number of anilines is 1. The zero-order chi connectivity index (χ0) is 28.1. The lowest BCUT2D eigenvalue weighted by molar-refractivity contribution is -0.113. The molecule has 4 rings (SSSR count). The molecule has 1 aliphatic rings. The number of carbonyl (C=O) groups is 2. The summed E-state index contributed by atoms with van der Waals surface area (Å²) in [4.78, 5) is 27.1. The van der Waals surface area contributed by atoms with Crippen LogP contribution in [0.4, 0.5) is 5.00 Å². The number of nitrogens with zero attached hydrogens (tertiary/aromatic N) is 3. The monoisotopic (exact) mass is 568 g/mol. The number of aromatic nitrogens is 3. The van der Waals surface area contributed by atoms with Gasteiger partial charge in [-0.05, 0) is 77.5 Å². The Balaban J connectivity index is 1.47. The summed E-state index contributed by atoms with van der Waals surface area (Å²) >= 11 is 2.77. The molecule has 3 aromatic rings. The van der Waals surface area contributed by atoms with E-state index in [4.69, 9.17) is 9.47 Å². The minimum absolute atomic E-state index is 0.114. The van der Waals surface area contributed by atoms with Crippen molar-refractivity contribution in [1.82, 2.24) is 14.8 Å². The molecular formula is C29H36N4O4S2. The minimum atomic E-state index is -0.375. The topological polar surface area (TPSA) is 95.3 Å². The fourth-order valence-electron chi connectivity index (χ4n) is 4.62. The Kier molecular flexibility index (Phi) is 9.50. The summed E-state index contributed by atoms with van der Waals surface area (Å²) in [6.07, 6.45) is 5.04. The highest BCUT2D eigenvalue weighted by atomic mass is 32.2. The number of allylic oxidation sites excluding steroid dienone is 1. The number of thiophene rings is 1. The van der Waals surface area contributed by atoms with Gasteiger partial charge in [0.15, 0.2) is 17.1 Å². The van der Waals surface area contributed by atoms with Gasteiger partial charge in [-0.2, -0.15) is 0 Å². The van der Waals surface area contributed by atoms with Gasteiger partial charge in [-0.25, -0.2) is 4.79 Å². The number of nitrogens with one attached hydrogen (secondary N) is 1. The molecular weight excluding hydrogens is 532 g/mol. The molecule has 2 heterocycles. The van der Waals surface area contributed by atoms with E-state index in [0.717, 1.165) is 47.4 Å². The predicted molar refractivity (Wildman–Crippen MR) is 156 cm³/mol. The second-order valence-corrected chi connectivity index (χ2v) is 12.0. The summed E-state index contributed by atoms with van der Waals surface area (Å²) < 4.78 is 13.6. The Morgan fingerprint density at radius 3 is 2.69 bits per heavy atom. The average Bonchev–Trinajstić information content (AvgIpc) is 3.45. The van der Waals surface area contributed by atoms with Crippen molar-refractivity contribution in [2.24, 2.45) is 0 Å². The van der Waals surface area contributed by atoms with Gasteiger partial charge in [0.25, 0.3) is 0 Å². The number of carbonyl (C=O) groups excluding carboxylic acids is 2. The number of hydrogen-bond acceptors (Lipinski definition) is 8. The molecule has 10 heteroatoms. The summed E-state index contributed by atoms with van der Waals surface area (Å²) in [6.45, 7) is 14.0. The molecule has 39 heavy (non-hydrogen) atoms. The number of amides is 1. The first-order valence-corrected chi connectivity index (χ1v) is 15.0. The van der Waals surface area contributed by atoms with E-state index in [1.165, 1.54) is 28.7 Å². The van der Waals surface area contributed by atoms with Crippen LogP contribution in [0, 0.1) is 13.8 Å². The molecule has 208 valence electrons. The van der Waals surface area contributed by atoms with Crippen LogP contribution in [0.15, 0.2) is 36.0 Å². The fourth-order valence-corrected chi connectivity index (χ4v) is 6.67. The van der Waals surface area contributed by atoms with Crippen LogP contribution in [-0.4, -0.2) is 38.5 Å². The maximum absolute atomic E-state index is 13.0. The van der Waals surface area contributed by atoms with Gasteiger partial charge in [-0.3, -0.25) is 9.36 Å². The summed E-state index contributed by atoms with van der Waals surface area (Å²) in [5.41, 5.74) is 3.75. The summed E-state index contributed by atoms with van der Waals surface area (Å²) in [7, 11) is 0. The molecule has 0 saturated carbocycles. The van der Waals surface area contributed by atoms with Crippen molar-refractivity contribution >= 4 is 40.0 Å². The standard InChI is InChI=1S/C29H36N4O4S2/c1-7-14-33-26(20(6)37-22-13-12-18(4)15-19(22)5)31-32-29(33)38-16-24(34)30-27-25(28(35)36-17(2)3)21-10-8-9-11-23(21)39-27/h7,12-13,15,17,20H,1,8-11,14,16H2,2-6H3,(H,30,34). The van der Waals surface area contributed by atoms with Crippen molar-refractivity contribution in [3.63, 3.8) is 0 Å². The quantitative estimate of drug-likeness (QED) is 0.161. The van der Waals surface area contributed by atoms with E-state index in [1.54, 1.807) is 6.08 Å². The van der Waals surface area contributed by atoms with Gasteiger partial charge in [-0.15, -0.1) is 28.1 Å². The van der Waals surface area contributed by atoms with E-state index in [0.29, 0.717) is 28.1 Å². The number of hydrogen-bond donors (Lipinski definition) is 1. The number of benzene rings is 1. The lowest BCUT2D eigenvalue weighted by Crippen LogP contribution is -2.19. The van der Waals surface area contributed by atoms with Crippen molar-refractivity contribution in [2.45, 2.75) is 84.2 Å². The molecule has 1 aromatic carbocycles. The Morgan fingerprint density at radius 1 is 1.21 bits per heavy atom. The van der Waals surface area contributed by atoms with Crippen LogP contribution in [0.5, 0.6) is 5.75 Å². The Hall–Kier alpha value is -3.11. The molecule has 0 radical (unpaired) electrons. The maximum Gasteiger partial charge on any atom is 0.341 e. The Bertz CT molecular complexity index is 1360. The average molecular weight is 569 g/mol. The SMILES string of the molecule is C=CCn1c(SCC(=O)Nc2sc3c(c2C(=O)OC(C)C)CCCC3)nnc1C(C)Oc1ccc(C)cc1C. The third-order valence-electron chi connectivity index (χ3n) is 6.36. The van der Waals surface area contributed by atoms with Crippen molar-refractivity contribution in [3.8, 4) is 5.75 Å². The number of thioether (sulfide) groups is 1. The van der Waals surface area contributed by atoms with Crippen LogP contribution in [-0.2, 0) is 28.9 Å². The Morgan fingerprint density at radius 2 is 1.97 bits per heavy atom. The molecule has 0 fully saturated rings. The zero-order valence-electron chi connectivity index (χ0n) is 23.2. The number of rotatable bonds is 11. The molecule has 1 amide bonds. The highest BCUT2D eigenvalue weighted by Crippen LogP contribution is 2.39. The third kappa shape index (κ3) is 6.91. The lowest BCUT2D eigenvalue weighted by Gasteiger charge is -2.17. The van der Waals surface area contributed by atoms with E-state index < -0.39 is 0 Å². The number of ether oxygens (including phenoxy) is 2. The van der Waals surface area contributed by atoms with Crippen LogP contribution < -0.4 is 10.1 Å². The third-order valence-corrected chi connectivity index (χ3v) is 8.53. The van der Waals surface area contributed by atoms with E-state index in [9.17, 15) is 9.59 Å². The first-order valence-electron chi connectivity index (χ1n) is 13.2. The lowest BCUT2D eigenvalue weighted by atomic mass is 9.95. The van der Waals surface area contributed by atoms with Gasteiger partial charge in [0.2, 0.25) is 5.91 Å². The highest BCUT2D eigenvalue weighted by Gasteiger charge is 2.28. The van der Waals surface area contributed by atoms with Gasteiger partial charge >= 0.3 is 5.97 Å². The molecule has 1 N–H and O–H groups in total. The normalized spacial score (nSPS) is 13.6. The van der Waals surface area contributed by atoms with E-state index in [-0.39, 0.29) is 29.8 Å². The molecule has 1 unspecified atom stereocenters. The highest BCUT2D eigenvalue weighted by molar-refractivity contribution is 7.99. The van der Waals surface area contributed by atoms with Crippen molar-refractivity contribution in [3.05, 3.63) is 63.8 Å². The molecule has 0 aliphatic heterocycles. The Labute approximate surface area is 238 Å². The van der Waals surface area contributed by atoms with Crippen molar-refractivity contribution < 1.29 is 19.1 Å². The van der Waals surface area contributed by atoms with Crippen LogP contribution in [0.3, 0.4) is 0 Å². The largest absolute Gasteiger partial charge is 0.482 e. The van der Waals surface area contributed by atoms with Crippen LogP contribution in [0.2, 0.25) is 0 Å². The van der Waals surface area contributed by atoms with Crippen molar-refractivity contribution in [1.29, 1.82) is 0 Å². The first kappa shape index (κ1) is 28.9. The van der Waals surface area contributed by atoms with Gasteiger partial charge in [0, 0.05) is 11.4 Å². The molecule has 0 bridgehead atoms. The number of aryl methyl sites for hydroxylation is 3. The van der Waals surface area contributed by atoms with Gasteiger partial charge in [-0.1, -0.05) is 35.5 Å². The van der Waals surface area contributed by atoms with Crippen LogP contribution in [0.1, 0.15) is 77.5 Å². The smallest absolute Gasteiger partial charge is 0.341 e. The van der Waals surface area contributed by atoms with Crippen LogP contribution >= 0.6 is 23.1 Å². The second kappa shape index (κ2) is 12.8. The summed E-state index contributed by atoms with van der Waals surface area (Å²) in [5.74, 6) is 0.970. The second-order valence-electron chi connectivity index (χ2n) is 9.98. The van der Waals surface area contributed by atoms with Gasteiger partial charge in [0.05, 0.1) is 17.4 Å². The minimum Gasteiger partial charge on any atom is -0.482 e. The van der Waals surface area contributed by atoms with Crippen LogP contribution in [0.25, 0.3) is 0 Å². The first-order chi connectivity index (χ1) is 18.7. The van der Waals surface area contributed by atoms with E-state index in [1.807, 2.05) is 51.3 Å². The zero-order valence-corrected chi connectivity index (χ0v) is 24.8. The predicted octanol–water partition coefficient (Wildman–Crippen LogP) is 6.46. The number of esters is 1. The van der Waals surface area contributed by atoms with E-state index in [2.05, 4.69) is 28.2 Å².